The van der Waals surface area contributed by atoms with Gasteiger partial charge in [0.15, 0.2) is 11.9 Å². The summed E-state index contributed by atoms with van der Waals surface area (Å²) in [7, 11) is 0. The van der Waals surface area contributed by atoms with Crippen molar-refractivity contribution >= 4 is 17.6 Å². The highest BCUT2D eigenvalue weighted by Gasteiger charge is 2.12. The predicted molar refractivity (Wildman–Crippen MR) is 91.6 cm³/mol. The van der Waals surface area contributed by atoms with Gasteiger partial charge in [-0.1, -0.05) is 19.4 Å². The minimum absolute atomic E-state index is 0.118. The van der Waals surface area contributed by atoms with Gasteiger partial charge in [-0.3, -0.25) is 4.79 Å². The highest BCUT2D eigenvalue weighted by atomic mass is 16.5. The zero-order valence-corrected chi connectivity index (χ0v) is 14.1. The number of hydrogen-bond donors (Lipinski definition) is 1. The average Bonchev–Trinajstić information content (AvgIpc) is 2.58. The van der Waals surface area contributed by atoms with Crippen LogP contribution in [0.1, 0.15) is 35.8 Å². The molecule has 0 fully saturated rings. The Bertz CT molecular complexity index is 696. The van der Waals surface area contributed by atoms with Gasteiger partial charge in [-0.15, -0.1) is 0 Å². The Morgan fingerprint density at radius 1 is 1.12 bits per heavy atom. The maximum atomic E-state index is 12.1. The number of carbonyl (C=O) groups excluding carboxylic acids is 2. The van der Waals surface area contributed by atoms with Crippen LogP contribution < -0.4 is 9.88 Å². The molecule has 0 spiro atoms. The molecule has 126 valence electrons. The van der Waals surface area contributed by atoms with Crippen molar-refractivity contribution in [2.24, 2.45) is 0 Å². The van der Waals surface area contributed by atoms with E-state index in [9.17, 15) is 9.59 Å². The van der Waals surface area contributed by atoms with Crippen molar-refractivity contribution in [1.82, 2.24) is 0 Å². The van der Waals surface area contributed by atoms with Gasteiger partial charge in [-0.05, 0) is 30.7 Å². The molecule has 5 nitrogen and oxygen atoms in total. The third kappa shape index (κ3) is 5.19. The summed E-state index contributed by atoms with van der Waals surface area (Å²) in [6, 6.07) is 12.5. The minimum Gasteiger partial charge on any atom is -0.462 e. The number of rotatable bonds is 7. The quantitative estimate of drug-likeness (QED) is 0.483. The number of aromatic nitrogens is 1. The molecular weight excluding hydrogens is 304 g/mol. The van der Waals surface area contributed by atoms with Crippen LogP contribution in [0.15, 0.2) is 48.7 Å². The van der Waals surface area contributed by atoms with E-state index in [1.165, 1.54) is 0 Å². The van der Waals surface area contributed by atoms with E-state index in [0.717, 1.165) is 18.5 Å². The van der Waals surface area contributed by atoms with Gasteiger partial charge in [0, 0.05) is 24.7 Å². The second kappa shape index (κ2) is 8.82. The molecule has 5 heteroatoms. The van der Waals surface area contributed by atoms with Gasteiger partial charge in [0.2, 0.25) is 6.54 Å². The predicted octanol–water partition coefficient (Wildman–Crippen LogP) is 2.88. The fourth-order valence-electron chi connectivity index (χ4n) is 2.18. The molecule has 0 aliphatic rings. The summed E-state index contributed by atoms with van der Waals surface area (Å²) in [5, 5.41) is 2.82. The Morgan fingerprint density at radius 2 is 1.88 bits per heavy atom. The molecule has 1 N–H and O–H groups in total. The molecule has 1 aromatic carbocycles. The standard InChI is InChI=1S/C19H22N2O3/c1-3-4-13-24-19(23)16-8-10-17(11-9-16)20-18(22)14-21-12-6-5-7-15(21)2/h5-12H,3-4,13-14H2,1-2H3/p+1. The maximum absolute atomic E-state index is 12.1. The van der Waals surface area contributed by atoms with E-state index in [4.69, 9.17) is 4.74 Å². The van der Waals surface area contributed by atoms with Gasteiger partial charge in [-0.2, -0.15) is 4.57 Å². The number of ether oxygens (including phenoxy) is 1. The van der Waals surface area contributed by atoms with Crippen molar-refractivity contribution in [2.75, 3.05) is 11.9 Å². The first-order valence-corrected chi connectivity index (χ1v) is 8.12. The number of anilines is 1. The van der Waals surface area contributed by atoms with Crippen LogP contribution in [0.4, 0.5) is 5.69 Å². The van der Waals surface area contributed by atoms with Gasteiger partial charge in [0.25, 0.3) is 5.91 Å². The number of pyridine rings is 1. The number of benzene rings is 1. The summed E-state index contributed by atoms with van der Waals surface area (Å²) in [4.78, 5) is 23.9. The molecule has 0 aliphatic heterocycles. The van der Waals surface area contributed by atoms with Gasteiger partial charge < -0.3 is 10.1 Å². The normalized spacial score (nSPS) is 10.2. The fourth-order valence-corrected chi connectivity index (χ4v) is 2.18. The van der Waals surface area contributed by atoms with E-state index < -0.39 is 0 Å². The lowest BCUT2D eigenvalue weighted by atomic mass is 10.2. The van der Waals surface area contributed by atoms with Gasteiger partial charge in [0.1, 0.15) is 0 Å². The number of nitrogens with one attached hydrogen (secondary N) is 1. The Hall–Kier alpha value is -2.69. The largest absolute Gasteiger partial charge is 0.462 e. The summed E-state index contributed by atoms with van der Waals surface area (Å²) in [6.07, 6.45) is 3.71. The maximum Gasteiger partial charge on any atom is 0.338 e. The number of esters is 1. The summed E-state index contributed by atoms with van der Waals surface area (Å²) < 4.78 is 7.02. The van der Waals surface area contributed by atoms with Gasteiger partial charge in [0.05, 0.1) is 12.2 Å². The SMILES string of the molecule is CCCCOC(=O)c1ccc(NC(=O)C[n+]2ccccc2C)cc1. The van der Waals surface area contributed by atoms with Gasteiger partial charge >= 0.3 is 5.97 Å². The second-order valence-corrected chi connectivity index (χ2v) is 5.58. The Kier molecular flexibility index (Phi) is 6.49. The van der Waals surface area contributed by atoms with Crippen molar-refractivity contribution in [1.29, 1.82) is 0 Å². The molecule has 1 aromatic heterocycles. The van der Waals surface area contributed by atoms with Crippen LogP contribution in [0.3, 0.4) is 0 Å². The van der Waals surface area contributed by atoms with Crippen molar-refractivity contribution in [3.05, 3.63) is 59.9 Å². The first-order chi connectivity index (χ1) is 11.6. The summed E-state index contributed by atoms with van der Waals surface area (Å²) in [5.41, 5.74) is 2.15. The molecule has 0 atom stereocenters. The first-order valence-electron chi connectivity index (χ1n) is 8.12. The van der Waals surface area contributed by atoms with Crippen molar-refractivity contribution in [3.8, 4) is 0 Å². The number of nitrogens with zero attached hydrogens (tertiary/aromatic N) is 1. The highest BCUT2D eigenvalue weighted by molar-refractivity contribution is 5.92. The van der Waals surface area contributed by atoms with Crippen molar-refractivity contribution in [3.63, 3.8) is 0 Å². The third-order valence-corrected chi connectivity index (χ3v) is 3.62. The van der Waals surface area contributed by atoms with E-state index in [-0.39, 0.29) is 18.4 Å². The molecule has 0 bridgehead atoms. The molecule has 0 saturated carbocycles. The fraction of sp³-hybridized carbons (Fsp3) is 0.316. The summed E-state index contributed by atoms with van der Waals surface area (Å²) >= 11 is 0. The number of carbonyl (C=O) groups is 2. The lowest BCUT2D eigenvalue weighted by Gasteiger charge is -2.06. The van der Waals surface area contributed by atoms with E-state index in [1.54, 1.807) is 24.3 Å². The first kappa shape index (κ1) is 17.7. The molecule has 2 rings (SSSR count). The monoisotopic (exact) mass is 327 g/mol. The topological polar surface area (TPSA) is 59.3 Å². The Labute approximate surface area is 142 Å². The smallest absolute Gasteiger partial charge is 0.338 e. The van der Waals surface area contributed by atoms with Crippen LogP contribution in [0.25, 0.3) is 0 Å². The van der Waals surface area contributed by atoms with E-state index >= 15 is 0 Å². The third-order valence-electron chi connectivity index (χ3n) is 3.62. The van der Waals surface area contributed by atoms with Crippen LogP contribution in [-0.2, 0) is 16.1 Å². The number of aryl methyl sites for hydroxylation is 1. The second-order valence-electron chi connectivity index (χ2n) is 5.58. The minimum atomic E-state index is -0.336. The zero-order valence-electron chi connectivity index (χ0n) is 14.1. The summed E-state index contributed by atoms with van der Waals surface area (Å²) in [6.45, 7) is 4.67. The summed E-state index contributed by atoms with van der Waals surface area (Å²) in [5.74, 6) is -0.454. The molecule has 0 saturated heterocycles. The highest BCUT2D eigenvalue weighted by Crippen LogP contribution is 2.11. The van der Waals surface area contributed by atoms with Crippen LogP contribution in [0.5, 0.6) is 0 Å². The molecule has 0 radical (unpaired) electrons. The molecule has 0 aliphatic carbocycles. The van der Waals surface area contributed by atoms with Crippen molar-refractivity contribution < 1.29 is 18.9 Å². The number of unbranched alkanes of at least 4 members (excludes halogenated alkanes) is 1. The number of hydrogen-bond acceptors (Lipinski definition) is 3. The average molecular weight is 327 g/mol. The molecule has 1 heterocycles. The molecule has 24 heavy (non-hydrogen) atoms. The Morgan fingerprint density at radius 3 is 2.54 bits per heavy atom. The Balaban J connectivity index is 1.90. The van der Waals surface area contributed by atoms with E-state index in [0.29, 0.717) is 17.9 Å². The molecular formula is C19H23N2O3+. The zero-order chi connectivity index (χ0) is 17.4. The number of amides is 1. The lowest BCUT2D eigenvalue weighted by molar-refractivity contribution is -0.690. The van der Waals surface area contributed by atoms with E-state index in [1.807, 2.05) is 42.8 Å². The molecule has 2 aromatic rings. The lowest BCUT2D eigenvalue weighted by Crippen LogP contribution is -2.42. The van der Waals surface area contributed by atoms with Crippen LogP contribution >= 0.6 is 0 Å². The molecule has 1 amide bonds. The van der Waals surface area contributed by atoms with E-state index in [2.05, 4.69) is 5.32 Å². The van der Waals surface area contributed by atoms with Crippen molar-refractivity contribution in [2.45, 2.75) is 33.2 Å². The van der Waals surface area contributed by atoms with Gasteiger partial charge in [-0.25, -0.2) is 4.79 Å². The van der Waals surface area contributed by atoms with Crippen LogP contribution in [0.2, 0.25) is 0 Å². The van der Waals surface area contributed by atoms with Crippen LogP contribution in [-0.4, -0.2) is 18.5 Å². The van der Waals surface area contributed by atoms with Crippen LogP contribution in [0, 0.1) is 6.92 Å². The molecule has 0 unspecified atom stereocenters.